The number of rotatable bonds is 1. The van der Waals surface area contributed by atoms with Crippen LogP contribution in [0.2, 0.25) is 0 Å². The standard InChI is InChI=1S/C8H9NO2S/c10-8-3-6(1-2-11-8)7-4-12-5-9-7/h4-6H,1-3H2. The minimum atomic E-state index is -0.0979. The van der Waals surface area contributed by atoms with Crippen LogP contribution in [0, 0.1) is 0 Å². The van der Waals surface area contributed by atoms with Gasteiger partial charge in [0.1, 0.15) is 0 Å². The van der Waals surface area contributed by atoms with Gasteiger partial charge in [0.15, 0.2) is 0 Å². The van der Waals surface area contributed by atoms with Gasteiger partial charge in [-0.1, -0.05) is 0 Å². The van der Waals surface area contributed by atoms with E-state index in [2.05, 4.69) is 4.98 Å². The lowest BCUT2D eigenvalue weighted by atomic mass is 9.97. The van der Waals surface area contributed by atoms with E-state index in [-0.39, 0.29) is 11.9 Å². The van der Waals surface area contributed by atoms with Crippen LogP contribution in [-0.2, 0) is 9.53 Å². The van der Waals surface area contributed by atoms with E-state index >= 15 is 0 Å². The first-order chi connectivity index (χ1) is 5.86. The molecule has 12 heavy (non-hydrogen) atoms. The van der Waals surface area contributed by atoms with E-state index < -0.39 is 0 Å². The minimum absolute atomic E-state index is 0.0979. The van der Waals surface area contributed by atoms with E-state index in [0.29, 0.717) is 13.0 Å². The number of carbonyl (C=O) groups excluding carboxylic acids is 1. The molecule has 2 heterocycles. The molecule has 1 aliphatic rings. The lowest BCUT2D eigenvalue weighted by Crippen LogP contribution is -2.19. The molecule has 1 fully saturated rings. The van der Waals surface area contributed by atoms with Gasteiger partial charge in [0.05, 0.1) is 24.2 Å². The Morgan fingerprint density at radius 3 is 3.25 bits per heavy atom. The molecule has 3 nitrogen and oxygen atoms in total. The summed E-state index contributed by atoms with van der Waals surface area (Å²) in [5.74, 6) is 0.191. The highest BCUT2D eigenvalue weighted by Crippen LogP contribution is 2.26. The minimum Gasteiger partial charge on any atom is -0.466 e. The molecule has 1 aromatic heterocycles. The first-order valence-electron chi connectivity index (χ1n) is 3.90. The normalized spacial score (nSPS) is 23.7. The van der Waals surface area contributed by atoms with Crippen LogP contribution in [0.1, 0.15) is 24.5 Å². The molecule has 0 radical (unpaired) electrons. The lowest BCUT2D eigenvalue weighted by molar-refractivity contribution is -0.147. The third-order valence-corrected chi connectivity index (χ3v) is 2.62. The number of hydrogen-bond acceptors (Lipinski definition) is 4. The zero-order valence-corrected chi connectivity index (χ0v) is 7.34. The van der Waals surface area contributed by atoms with Gasteiger partial charge in [-0.3, -0.25) is 4.79 Å². The molecule has 64 valence electrons. The Kier molecular flexibility index (Phi) is 2.08. The van der Waals surface area contributed by atoms with Gasteiger partial charge >= 0.3 is 5.97 Å². The van der Waals surface area contributed by atoms with Crippen molar-refractivity contribution in [3.05, 3.63) is 16.6 Å². The number of carbonyl (C=O) groups is 1. The fraction of sp³-hybridized carbons (Fsp3) is 0.500. The average Bonchev–Trinajstić information content (AvgIpc) is 2.56. The van der Waals surface area contributed by atoms with E-state index in [9.17, 15) is 4.79 Å². The van der Waals surface area contributed by atoms with Crippen molar-refractivity contribution in [2.75, 3.05) is 6.61 Å². The van der Waals surface area contributed by atoms with Crippen LogP contribution in [0.25, 0.3) is 0 Å². The van der Waals surface area contributed by atoms with Crippen LogP contribution >= 0.6 is 11.3 Å². The molecule has 0 N–H and O–H groups in total. The molecule has 1 unspecified atom stereocenters. The predicted octanol–water partition coefficient (Wildman–Crippen LogP) is 1.56. The van der Waals surface area contributed by atoms with Crippen LogP contribution in [-0.4, -0.2) is 17.6 Å². The summed E-state index contributed by atoms with van der Waals surface area (Å²) in [7, 11) is 0. The van der Waals surface area contributed by atoms with Crippen LogP contribution in [0.4, 0.5) is 0 Å². The molecule has 0 bridgehead atoms. The van der Waals surface area contributed by atoms with Crippen molar-refractivity contribution >= 4 is 17.3 Å². The summed E-state index contributed by atoms with van der Waals surface area (Å²) in [4.78, 5) is 15.1. The summed E-state index contributed by atoms with van der Waals surface area (Å²) in [5, 5.41) is 2.00. The number of esters is 1. The van der Waals surface area contributed by atoms with Crippen LogP contribution in [0.3, 0.4) is 0 Å². The maximum absolute atomic E-state index is 10.9. The number of aromatic nitrogens is 1. The Balaban J connectivity index is 2.09. The summed E-state index contributed by atoms with van der Waals surface area (Å²) >= 11 is 1.57. The molecule has 0 spiro atoms. The number of cyclic esters (lactones) is 1. The van der Waals surface area contributed by atoms with E-state index in [1.807, 2.05) is 5.38 Å². The Morgan fingerprint density at radius 2 is 2.58 bits per heavy atom. The van der Waals surface area contributed by atoms with Crippen molar-refractivity contribution in [3.63, 3.8) is 0 Å². The van der Waals surface area contributed by atoms with E-state index in [1.165, 1.54) is 0 Å². The monoisotopic (exact) mass is 183 g/mol. The first kappa shape index (κ1) is 7.73. The molecule has 0 amide bonds. The van der Waals surface area contributed by atoms with Crippen LogP contribution in [0.15, 0.2) is 10.9 Å². The number of hydrogen-bond donors (Lipinski definition) is 0. The molecule has 1 aromatic rings. The second-order valence-electron chi connectivity index (χ2n) is 2.82. The number of nitrogens with zero attached hydrogens (tertiary/aromatic N) is 1. The second kappa shape index (κ2) is 3.23. The molecule has 1 atom stereocenters. The van der Waals surface area contributed by atoms with Crippen molar-refractivity contribution in [1.82, 2.24) is 4.98 Å². The smallest absolute Gasteiger partial charge is 0.306 e. The van der Waals surface area contributed by atoms with Gasteiger partial charge in [-0.15, -0.1) is 11.3 Å². The Labute approximate surface area is 74.4 Å². The molecule has 1 aliphatic heterocycles. The molecule has 1 saturated heterocycles. The maximum atomic E-state index is 10.9. The fourth-order valence-corrected chi connectivity index (χ4v) is 1.99. The molecular formula is C8H9NO2S. The van der Waals surface area contributed by atoms with Crippen molar-refractivity contribution in [2.24, 2.45) is 0 Å². The van der Waals surface area contributed by atoms with Crippen molar-refractivity contribution in [3.8, 4) is 0 Å². The van der Waals surface area contributed by atoms with Gasteiger partial charge in [0, 0.05) is 11.3 Å². The largest absolute Gasteiger partial charge is 0.466 e. The quantitative estimate of drug-likeness (QED) is 0.620. The molecular weight excluding hydrogens is 174 g/mol. The van der Waals surface area contributed by atoms with E-state index in [4.69, 9.17) is 4.74 Å². The Bertz CT molecular complexity index is 271. The van der Waals surface area contributed by atoms with Gasteiger partial charge in [-0.25, -0.2) is 4.98 Å². The van der Waals surface area contributed by atoms with Gasteiger partial charge in [-0.2, -0.15) is 0 Å². The highest BCUT2D eigenvalue weighted by Gasteiger charge is 2.23. The molecule has 0 saturated carbocycles. The molecule has 0 aromatic carbocycles. The predicted molar refractivity (Wildman–Crippen MR) is 45.0 cm³/mol. The summed E-state index contributed by atoms with van der Waals surface area (Å²) in [6, 6.07) is 0. The van der Waals surface area contributed by atoms with Gasteiger partial charge in [0.2, 0.25) is 0 Å². The van der Waals surface area contributed by atoms with Crippen molar-refractivity contribution < 1.29 is 9.53 Å². The number of thiazole rings is 1. The maximum Gasteiger partial charge on any atom is 0.306 e. The lowest BCUT2D eigenvalue weighted by Gasteiger charge is -2.19. The molecule has 2 rings (SSSR count). The molecule has 4 heteroatoms. The summed E-state index contributed by atoms with van der Waals surface area (Å²) < 4.78 is 4.84. The Morgan fingerprint density at radius 1 is 1.67 bits per heavy atom. The zero-order chi connectivity index (χ0) is 8.39. The second-order valence-corrected chi connectivity index (χ2v) is 3.54. The fourth-order valence-electron chi connectivity index (χ4n) is 1.35. The SMILES string of the molecule is O=C1CC(c2cscn2)CCO1. The van der Waals surface area contributed by atoms with Gasteiger partial charge in [-0.05, 0) is 6.42 Å². The first-order valence-corrected chi connectivity index (χ1v) is 4.84. The zero-order valence-electron chi connectivity index (χ0n) is 6.53. The van der Waals surface area contributed by atoms with Crippen LogP contribution < -0.4 is 0 Å². The topological polar surface area (TPSA) is 39.2 Å². The van der Waals surface area contributed by atoms with E-state index in [0.717, 1.165) is 12.1 Å². The average molecular weight is 183 g/mol. The van der Waals surface area contributed by atoms with Crippen molar-refractivity contribution in [1.29, 1.82) is 0 Å². The third-order valence-electron chi connectivity index (χ3n) is 2.01. The highest BCUT2D eigenvalue weighted by atomic mass is 32.1. The third kappa shape index (κ3) is 1.48. The van der Waals surface area contributed by atoms with Gasteiger partial charge < -0.3 is 4.74 Å². The van der Waals surface area contributed by atoms with Crippen LogP contribution in [0.5, 0.6) is 0 Å². The highest BCUT2D eigenvalue weighted by molar-refractivity contribution is 7.07. The Hall–Kier alpha value is -0.900. The summed E-state index contributed by atoms with van der Waals surface area (Å²) in [5.41, 5.74) is 2.84. The number of ether oxygens (including phenoxy) is 1. The summed E-state index contributed by atoms with van der Waals surface area (Å²) in [6.07, 6.45) is 1.40. The van der Waals surface area contributed by atoms with E-state index in [1.54, 1.807) is 16.8 Å². The van der Waals surface area contributed by atoms with Gasteiger partial charge in [0.25, 0.3) is 0 Å². The molecule has 0 aliphatic carbocycles. The summed E-state index contributed by atoms with van der Waals surface area (Å²) in [6.45, 7) is 0.543. The van der Waals surface area contributed by atoms with Crippen molar-refractivity contribution in [2.45, 2.75) is 18.8 Å².